The van der Waals surface area contributed by atoms with Crippen LogP contribution in [-0.4, -0.2) is 37.6 Å². The molecule has 4 nitrogen and oxygen atoms in total. The highest BCUT2D eigenvalue weighted by molar-refractivity contribution is 5.80. The van der Waals surface area contributed by atoms with E-state index in [-0.39, 0.29) is 11.3 Å². The molecule has 1 aromatic rings. The molecule has 2 bridgehead atoms. The maximum Gasteiger partial charge on any atom is 0.227 e. The number of ether oxygens (including phenoxy) is 2. The van der Waals surface area contributed by atoms with Crippen LogP contribution in [0.2, 0.25) is 0 Å². The Kier molecular flexibility index (Phi) is 4.27. The minimum atomic E-state index is 0.230. The fraction of sp³-hybridized carbons (Fsp3) is 0.650. The Morgan fingerprint density at radius 2 is 1.88 bits per heavy atom. The predicted molar refractivity (Wildman–Crippen MR) is 94.5 cm³/mol. The van der Waals surface area contributed by atoms with Crippen LogP contribution in [0, 0.1) is 10.8 Å². The molecule has 2 aliphatic rings. The molecular formula is C20H29NO3. The molecule has 0 unspecified atom stereocenters. The zero-order valence-corrected chi connectivity index (χ0v) is 15.5. The molecule has 1 heterocycles. The summed E-state index contributed by atoms with van der Waals surface area (Å²) in [7, 11) is 3.24. The lowest BCUT2D eigenvalue weighted by atomic mass is 9.65. The van der Waals surface area contributed by atoms with Gasteiger partial charge in [0.2, 0.25) is 5.91 Å². The van der Waals surface area contributed by atoms with E-state index in [1.807, 2.05) is 18.2 Å². The van der Waals surface area contributed by atoms with Gasteiger partial charge in [0.25, 0.3) is 0 Å². The first-order valence-electron chi connectivity index (χ1n) is 8.76. The maximum atomic E-state index is 12.9. The highest BCUT2D eigenvalue weighted by Gasteiger charge is 2.50. The highest BCUT2D eigenvalue weighted by atomic mass is 16.5. The van der Waals surface area contributed by atoms with Gasteiger partial charge in [-0.25, -0.2) is 0 Å². The highest BCUT2D eigenvalue weighted by Crippen LogP contribution is 2.52. The number of hydrogen-bond acceptors (Lipinski definition) is 3. The Morgan fingerprint density at radius 3 is 2.54 bits per heavy atom. The van der Waals surface area contributed by atoms with Crippen LogP contribution < -0.4 is 9.47 Å². The molecule has 1 aliphatic heterocycles. The third-order valence-corrected chi connectivity index (χ3v) is 5.54. The maximum absolute atomic E-state index is 12.9. The smallest absolute Gasteiger partial charge is 0.227 e. The fourth-order valence-corrected chi connectivity index (χ4v) is 5.02. The van der Waals surface area contributed by atoms with E-state index in [2.05, 4.69) is 25.7 Å². The Hall–Kier alpha value is -1.71. The summed E-state index contributed by atoms with van der Waals surface area (Å²) in [5.74, 6) is 1.60. The molecule has 1 aromatic carbocycles. The molecule has 2 atom stereocenters. The topological polar surface area (TPSA) is 38.8 Å². The van der Waals surface area contributed by atoms with Crippen molar-refractivity contribution in [3.63, 3.8) is 0 Å². The van der Waals surface area contributed by atoms with Crippen LogP contribution >= 0.6 is 0 Å². The number of benzene rings is 1. The Bertz CT molecular complexity index is 640. The predicted octanol–water partition coefficient (Wildman–Crippen LogP) is 3.67. The van der Waals surface area contributed by atoms with Gasteiger partial charge in [0.1, 0.15) is 0 Å². The van der Waals surface area contributed by atoms with E-state index in [4.69, 9.17) is 9.47 Å². The molecule has 0 radical (unpaired) electrons. The number of carbonyl (C=O) groups is 1. The molecule has 3 rings (SSSR count). The van der Waals surface area contributed by atoms with Gasteiger partial charge in [0.15, 0.2) is 11.5 Å². The summed E-state index contributed by atoms with van der Waals surface area (Å²) in [4.78, 5) is 15.0. The molecule has 1 saturated carbocycles. The molecule has 1 amide bonds. The quantitative estimate of drug-likeness (QED) is 0.845. The second-order valence-corrected chi connectivity index (χ2v) is 8.60. The largest absolute Gasteiger partial charge is 0.493 e. The van der Waals surface area contributed by atoms with Crippen LogP contribution in [0.15, 0.2) is 18.2 Å². The summed E-state index contributed by atoms with van der Waals surface area (Å²) in [6.07, 6.45) is 3.89. The third kappa shape index (κ3) is 3.24. The van der Waals surface area contributed by atoms with Crippen molar-refractivity contribution >= 4 is 5.91 Å². The van der Waals surface area contributed by atoms with Gasteiger partial charge in [-0.1, -0.05) is 26.8 Å². The second-order valence-electron chi connectivity index (χ2n) is 8.60. The SMILES string of the molecule is COc1ccc(CC(=O)N2C[C@@]3(C)C[C@H]2CC(C)(C)C3)cc1OC. The zero-order valence-electron chi connectivity index (χ0n) is 15.5. The van der Waals surface area contributed by atoms with Gasteiger partial charge in [-0.15, -0.1) is 0 Å². The summed E-state index contributed by atoms with van der Waals surface area (Å²) in [5.41, 5.74) is 1.58. The number of hydrogen-bond donors (Lipinski definition) is 0. The van der Waals surface area contributed by atoms with Crippen LogP contribution in [0.3, 0.4) is 0 Å². The van der Waals surface area contributed by atoms with Gasteiger partial charge < -0.3 is 14.4 Å². The van der Waals surface area contributed by atoms with E-state index in [0.717, 1.165) is 24.9 Å². The molecule has 2 fully saturated rings. The van der Waals surface area contributed by atoms with Gasteiger partial charge in [0.05, 0.1) is 20.6 Å². The summed E-state index contributed by atoms with van der Waals surface area (Å²) < 4.78 is 10.6. The monoisotopic (exact) mass is 331 g/mol. The lowest BCUT2D eigenvalue weighted by Gasteiger charge is -2.39. The minimum absolute atomic E-state index is 0.230. The molecule has 0 N–H and O–H groups in total. The zero-order chi connectivity index (χ0) is 17.5. The molecule has 4 heteroatoms. The van der Waals surface area contributed by atoms with Crippen molar-refractivity contribution < 1.29 is 14.3 Å². The first-order valence-corrected chi connectivity index (χ1v) is 8.76. The number of nitrogens with zero attached hydrogens (tertiary/aromatic N) is 1. The van der Waals surface area contributed by atoms with E-state index < -0.39 is 0 Å². The molecule has 132 valence electrons. The lowest BCUT2D eigenvalue weighted by Crippen LogP contribution is -2.38. The van der Waals surface area contributed by atoms with Crippen molar-refractivity contribution in [1.82, 2.24) is 4.90 Å². The molecule has 1 saturated heterocycles. The van der Waals surface area contributed by atoms with Crippen LogP contribution in [-0.2, 0) is 11.2 Å². The first-order chi connectivity index (χ1) is 11.3. The van der Waals surface area contributed by atoms with E-state index in [9.17, 15) is 4.79 Å². The van der Waals surface area contributed by atoms with E-state index in [1.165, 1.54) is 6.42 Å². The van der Waals surface area contributed by atoms with Crippen molar-refractivity contribution in [1.29, 1.82) is 0 Å². The summed E-state index contributed by atoms with van der Waals surface area (Å²) in [5, 5.41) is 0. The molecular weight excluding hydrogens is 302 g/mol. The normalized spacial score (nSPS) is 27.9. The van der Waals surface area contributed by atoms with Crippen LogP contribution in [0.25, 0.3) is 0 Å². The van der Waals surface area contributed by atoms with Crippen molar-refractivity contribution in [2.24, 2.45) is 10.8 Å². The Labute approximate surface area is 145 Å². The molecule has 0 spiro atoms. The van der Waals surface area contributed by atoms with Gasteiger partial charge in [-0.3, -0.25) is 4.79 Å². The third-order valence-electron chi connectivity index (χ3n) is 5.54. The molecule has 24 heavy (non-hydrogen) atoms. The Morgan fingerprint density at radius 1 is 1.17 bits per heavy atom. The van der Waals surface area contributed by atoms with Gasteiger partial charge in [-0.2, -0.15) is 0 Å². The first kappa shape index (κ1) is 17.1. The average molecular weight is 331 g/mol. The van der Waals surface area contributed by atoms with Gasteiger partial charge in [0, 0.05) is 12.6 Å². The summed E-state index contributed by atoms with van der Waals surface area (Å²) in [6.45, 7) is 7.90. The van der Waals surface area contributed by atoms with Crippen molar-refractivity contribution in [2.45, 2.75) is 52.5 Å². The van der Waals surface area contributed by atoms with Crippen molar-refractivity contribution in [2.75, 3.05) is 20.8 Å². The summed E-state index contributed by atoms with van der Waals surface area (Å²) >= 11 is 0. The molecule has 1 aliphatic carbocycles. The van der Waals surface area contributed by atoms with Crippen LogP contribution in [0.5, 0.6) is 11.5 Å². The Balaban J connectivity index is 1.74. The van der Waals surface area contributed by atoms with E-state index in [1.54, 1.807) is 14.2 Å². The van der Waals surface area contributed by atoms with E-state index >= 15 is 0 Å². The lowest BCUT2D eigenvalue weighted by molar-refractivity contribution is -0.131. The van der Waals surface area contributed by atoms with Crippen LogP contribution in [0.1, 0.15) is 45.6 Å². The summed E-state index contributed by atoms with van der Waals surface area (Å²) in [6, 6.07) is 6.12. The van der Waals surface area contributed by atoms with Crippen molar-refractivity contribution in [3.8, 4) is 11.5 Å². The standard InChI is InChI=1S/C20H29NO3/c1-19(2)10-15-11-20(3,12-19)13-21(15)18(22)9-14-6-7-16(23-4)17(8-14)24-5/h6-8,15H,9-13H2,1-5H3/t15-,20+/m1/s1. The number of rotatable bonds is 4. The number of amides is 1. The van der Waals surface area contributed by atoms with Crippen molar-refractivity contribution in [3.05, 3.63) is 23.8 Å². The van der Waals surface area contributed by atoms with Crippen LogP contribution in [0.4, 0.5) is 0 Å². The number of fused-ring (bicyclic) bond motifs is 2. The second kappa shape index (κ2) is 5.98. The molecule has 0 aromatic heterocycles. The van der Waals surface area contributed by atoms with E-state index in [0.29, 0.717) is 29.4 Å². The van der Waals surface area contributed by atoms with Gasteiger partial charge >= 0.3 is 0 Å². The number of likely N-dealkylation sites (tertiary alicyclic amines) is 1. The number of methoxy groups -OCH3 is 2. The average Bonchev–Trinajstić information content (AvgIpc) is 2.76. The fourth-order valence-electron chi connectivity index (χ4n) is 5.02. The minimum Gasteiger partial charge on any atom is -0.493 e. The van der Waals surface area contributed by atoms with Gasteiger partial charge in [-0.05, 0) is 47.8 Å². The number of carbonyl (C=O) groups excluding carboxylic acids is 1.